The summed E-state index contributed by atoms with van der Waals surface area (Å²) in [5.74, 6) is 2.08. The molecule has 108 valence electrons. The van der Waals surface area contributed by atoms with E-state index in [1.807, 2.05) is 0 Å². The molecule has 0 spiro atoms. The highest BCUT2D eigenvalue weighted by Gasteiger charge is 2.24. The number of rotatable bonds is 2. The van der Waals surface area contributed by atoms with Crippen molar-refractivity contribution in [1.82, 2.24) is 9.55 Å². The molecule has 0 saturated heterocycles. The van der Waals surface area contributed by atoms with Crippen LogP contribution in [0.5, 0.6) is 0 Å². The van der Waals surface area contributed by atoms with Gasteiger partial charge in [-0.1, -0.05) is 52.2 Å². The predicted molar refractivity (Wildman–Crippen MR) is 85.0 cm³/mol. The molecule has 2 aromatic rings. The molecule has 1 aromatic carbocycles. The molecule has 1 fully saturated rings. The fourth-order valence-corrected chi connectivity index (χ4v) is 3.46. The summed E-state index contributed by atoms with van der Waals surface area (Å²) in [6.45, 7) is 7.95. The van der Waals surface area contributed by atoms with Gasteiger partial charge in [-0.2, -0.15) is 0 Å². The number of aromatic nitrogens is 2. The molecular weight excluding hydrogens is 244 g/mol. The summed E-state index contributed by atoms with van der Waals surface area (Å²) in [5, 5.41) is 0. The van der Waals surface area contributed by atoms with Crippen molar-refractivity contribution in [3.63, 3.8) is 0 Å². The number of imidazole rings is 1. The Morgan fingerprint density at radius 3 is 2.50 bits per heavy atom. The molecule has 1 aromatic heterocycles. The van der Waals surface area contributed by atoms with Crippen LogP contribution in [0.25, 0.3) is 11.0 Å². The molecule has 0 unspecified atom stereocenters. The van der Waals surface area contributed by atoms with Gasteiger partial charge in [-0.05, 0) is 30.9 Å². The standard InChI is InChI=1S/C18H26N2/c1-18(2,3)17-19-15-11-7-8-12-16(15)20(17)13-14-9-5-4-6-10-14/h7-8,11-12,14H,4-6,9-10,13H2,1-3H3. The second-order valence-electron chi connectivity index (χ2n) is 7.29. The first-order valence-electron chi connectivity index (χ1n) is 8.01. The minimum atomic E-state index is 0.105. The van der Waals surface area contributed by atoms with Gasteiger partial charge in [0.2, 0.25) is 0 Å². The Hall–Kier alpha value is -1.31. The van der Waals surface area contributed by atoms with Crippen LogP contribution >= 0.6 is 0 Å². The minimum Gasteiger partial charge on any atom is -0.327 e. The van der Waals surface area contributed by atoms with Gasteiger partial charge in [0.05, 0.1) is 11.0 Å². The van der Waals surface area contributed by atoms with E-state index in [2.05, 4.69) is 49.6 Å². The van der Waals surface area contributed by atoms with Gasteiger partial charge in [0, 0.05) is 12.0 Å². The van der Waals surface area contributed by atoms with Gasteiger partial charge in [-0.3, -0.25) is 0 Å². The average molecular weight is 270 g/mol. The maximum absolute atomic E-state index is 4.91. The van der Waals surface area contributed by atoms with Gasteiger partial charge in [0.25, 0.3) is 0 Å². The van der Waals surface area contributed by atoms with Gasteiger partial charge >= 0.3 is 0 Å². The lowest BCUT2D eigenvalue weighted by Crippen LogP contribution is -2.22. The average Bonchev–Trinajstić information content (AvgIpc) is 2.79. The first-order valence-corrected chi connectivity index (χ1v) is 8.01. The van der Waals surface area contributed by atoms with Gasteiger partial charge in [-0.25, -0.2) is 4.98 Å². The predicted octanol–water partition coefficient (Wildman–Crippen LogP) is 4.91. The first-order chi connectivity index (χ1) is 9.55. The van der Waals surface area contributed by atoms with Crippen LogP contribution in [0.4, 0.5) is 0 Å². The molecule has 1 saturated carbocycles. The Morgan fingerprint density at radius 1 is 1.10 bits per heavy atom. The van der Waals surface area contributed by atoms with E-state index in [-0.39, 0.29) is 5.41 Å². The third-order valence-electron chi connectivity index (χ3n) is 4.49. The number of fused-ring (bicyclic) bond motifs is 1. The summed E-state index contributed by atoms with van der Waals surface area (Å²) >= 11 is 0. The van der Waals surface area contributed by atoms with Crippen LogP contribution in [0, 0.1) is 5.92 Å². The van der Waals surface area contributed by atoms with Crippen LogP contribution in [0.2, 0.25) is 0 Å². The molecule has 0 bridgehead atoms. The van der Waals surface area contributed by atoms with E-state index in [1.165, 1.54) is 43.4 Å². The quantitative estimate of drug-likeness (QED) is 0.757. The fraction of sp³-hybridized carbons (Fsp3) is 0.611. The Kier molecular flexibility index (Phi) is 3.57. The second-order valence-corrected chi connectivity index (χ2v) is 7.29. The summed E-state index contributed by atoms with van der Waals surface area (Å²) in [6, 6.07) is 8.59. The third-order valence-corrected chi connectivity index (χ3v) is 4.49. The molecule has 20 heavy (non-hydrogen) atoms. The zero-order valence-electron chi connectivity index (χ0n) is 13.0. The maximum Gasteiger partial charge on any atom is 0.115 e. The molecular formula is C18H26N2. The Balaban J connectivity index is 2.01. The number of para-hydroxylation sites is 2. The van der Waals surface area contributed by atoms with E-state index in [9.17, 15) is 0 Å². The van der Waals surface area contributed by atoms with E-state index in [0.29, 0.717) is 0 Å². The first kappa shape index (κ1) is 13.7. The molecule has 1 heterocycles. The molecule has 2 heteroatoms. The molecule has 0 aliphatic heterocycles. The lowest BCUT2D eigenvalue weighted by Gasteiger charge is -2.26. The van der Waals surface area contributed by atoms with E-state index in [1.54, 1.807) is 0 Å². The molecule has 1 aliphatic carbocycles. The molecule has 3 rings (SSSR count). The summed E-state index contributed by atoms with van der Waals surface area (Å²) in [6.07, 6.45) is 7.00. The number of nitrogens with zero attached hydrogens (tertiary/aromatic N) is 2. The van der Waals surface area contributed by atoms with Crippen LogP contribution < -0.4 is 0 Å². The number of hydrogen-bond donors (Lipinski definition) is 0. The third kappa shape index (κ3) is 2.61. The van der Waals surface area contributed by atoms with Crippen molar-refractivity contribution in [1.29, 1.82) is 0 Å². The fourth-order valence-electron chi connectivity index (χ4n) is 3.46. The van der Waals surface area contributed by atoms with Crippen molar-refractivity contribution in [2.24, 2.45) is 5.92 Å². The zero-order valence-corrected chi connectivity index (χ0v) is 13.0. The largest absolute Gasteiger partial charge is 0.327 e. The Labute approximate surface area is 122 Å². The van der Waals surface area contributed by atoms with Gasteiger partial charge < -0.3 is 4.57 Å². The lowest BCUT2D eigenvalue weighted by molar-refractivity contribution is 0.313. The molecule has 0 amide bonds. The van der Waals surface area contributed by atoms with E-state index < -0.39 is 0 Å². The highest BCUT2D eigenvalue weighted by atomic mass is 15.1. The molecule has 0 radical (unpaired) electrons. The van der Waals surface area contributed by atoms with E-state index in [0.717, 1.165) is 18.0 Å². The van der Waals surface area contributed by atoms with Crippen molar-refractivity contribution < 1.29 is 0 Å². The second kappa shape index (κ2) is 5.23. The molecule has 0 atom stereocenters. The lowest BCUT2D eigenvalue weighted by atomic mass is 9.88. The highest BCUT2D eigenvalue weighted by molar-refractivity contribution is 5.76. The van der Waals surface area contributed by atoms with Gasteiger partial charge in [0.15, 0.2) is 0 Å². The summed E-state index contributed by atoms with van der Waals surface area (Å²) in [7, 11) is 0. The van der Waals surface area contributed by atoms with Crippen LogP contribution in [0.1, 0.15) is 58.7 Å². The molecule has 1 aliphatic rings. The maximum atomic E-state index is 4.91. The smallest absolute Gasteiger partial charge is 0.115 e. The number of hydrogen-bond acceptors (Lipinski definition) is 1. The van der Waals surface area contributed by atoms with Crippen LogP contribution in [-0.4, -0.2) is 9.55 Å². The molecule has 2 nitrogen and oxygen atoms in total. The van der Waals surface area contributed by atoms with Crippen LogP contribution in [0.3, 0.4) is 0 Å². The van der Waals surface area contributed by atoms with Crippen molar-refractivity contribution in [3.05, 3.63) is 30.1 Å². The molecule has 0 N–H and O–H groups in total. The van der Waals surface area contributed by atoms with Crippen molar-refractivity contribution >= 4 is 11.0 Å². The Morgan fingerprint density at radius 2 is 1.80 bits per heavy atom. The van der Waals surface area contributed by atoms with Crippen molar-refractivity contribution in [2.45, 2.75) is 64.8 Å². The highest BCUT2D eigenvalue weighted by Crippen LogP contribution is 2.31. The summed E-state index contributed by atoms with van der Waals surface area (Å²) < 4.78 is 2.49. The normalized spacial score (nSPS) is 17.8. The minimum absolute atomic E-state index is 0.105. The van der Waals surface area contributed by atoms with Crippen molar-refractivity contribution in [2.75, 3.05) is 0 Å². The monoisotopic (exact) mass is 270 g/mol. The topological polar surface area (TPSA) is 17.8 Å². The van der Waals surface area contributed by atoms with Gasteiger partial charge in [0.1, 0.15) is 5.82 Å². The Bertz CT molecular complexity index is 583. The van der Waals surface area contributed by atoms with Crippen molar-refractivity contribution in [3.8, 4) is 0 Å². The van der Waals surface area contributed by atoms with Crippen LogP contribution in [0.15, 0.2) is 24.3 Å². The van der Waals surface area contributed by atoms with E-state index in [4.69, 9.17) is 4.98 Å². The zero-order chi connectivity index (χ0) is 14.2. The summed E-state index contributed by atoms with van der Waals surface area (Å²) in [4.78, 5) is 4.91. The van der Waals surface area contributed by atoms with Gasteiger partial charge in [-0.15, -0.1) is 0 Å². The van der Waals surface area contributed by atoms with Crippen LogP contribution in [-0.2, 0) is 12.0 Å². The number of benzene rings is 1. The summed E-state index contributed by atoms with van der Waals surface area (Å²) in [5.41, 5.74) is 2.56. The SMILES string of the molecule is CC(C)(C)c1nc2ccccc2n1CC1CCCCC1. The van der Waals surface area contributed by atoms with E-state index >= 15 is 0 Å².